The zero-order valence-electron chi connectivity index (χ0n) is 22.5. The summed E-state index contributed by atoms with van der Waals surface area (Å²) in [7, 11) is 0. The summed E-state index contributed by atoms with van der Waals surface area (Å²) >= 11 is 0. The van der Waals surface area contributed by atoms with Crippen LogP contribution in [0.3, 0.4) is 0 Å². The minimum Gasteiger partial charge on any atom is -0.491 e. The van der Waals surface area contributed by atoms with Crippen LogP contribution in [0, 0.1) is 13.8 Å². The van der Waals surface area contributed by atoms with Gasteiger partial charge in [0.1, 0.15) is 12.4 Å². The third-order valence-electron chi connectivity index (χ3n) is 8.33. The molecule has 2 aromatic carbocycles. The number of carboxylic acid groups (broad SMARTS) is 1. The van der Waals surface area contributed by atoms with Crippen molar-refractivity contribution in [3.05, 3.63) is 64.2 Å². The molecule has 1 fully saturated rings. The number of ether oxygens (including phenoxy) is 1. The highest BCUT2D eigenvalue weighted by atomic mass is 16.5. The third-order valence-corrected chi connectivity index (χ3v) is 8.33. The van der Waals surface area contributed by atoms with E-state index in [1.54, 1.807) is 0 Å². The highest BCUT2D eigenvalue weighted by molar-refractivity contribution is 5.66. The second-order valence-corrected chi connectivity index (χ2v) is 10.7. The Labute approximate surface area is 216 Å². The van der Waals surface area contributed by atoms with Gasteiger partial charge in [-0.05, 0) is 106 Å². The quantitative estimate of drug-likeness (QED) is 0.288. The molecule has 0 radical (unpaired) electrons. The van der Waals surface area contributed by atoms with E-state index in [9.17, 15) is 15.0 Å². The van der Waals surface area contributed by atoms with Gasteiger partial charge < -0.3 is 20.1 Å². The summed E-state index contributed by atoms with van der Waals surface area (Å²) in [4.78, 5) is 10.7. The summed E-state index contributed by atoms with van der Waals surface area (Å²) in [6, 6.07) is 13.2. The Balaban J connectivity index is 1.73. The summed E-state index contributed by atoms with van der Waals surface area (Å²) < 4.78 is 5.88. The van der Waals surface area contributed by atoms with Gasteiger partial charge >= 0.3 is 5.97 Å². The minimum absolute atomic E-state index is 0.0591. The van der Waals surface area contributed by atoms with E-state index in [1.807, 2.05) is 13.0 Å². The molecule has 5 heteroatoms. The smallest absolute Gasteiger partial charge is 0.303 e. The van der Waals surface area contributed by atoms with E-state index in [4.69, 9.17) is 9.84 Å². The van der Waals surface area contributed by atoms with Gasteiger partial charge in [0.05, 0.1) is 11.7 Å². The van der Waals surface area contributed by atoms with Crippen molar-refractivity contribution in [2.24, 2.45) is 0 Å². The maximum atomic E-state index is 10.7. The van der Waals surface area contributed by atoms with Crippen molar-refractivity contribution in [1.82, 2.24) is 0 Å². The molecule has 1 aliphatic carbocycles. The Morgan fingerprint density at radius 1 is 1.06 bits per heavy atom. The van der Waals surface area contributed by atoms with Crippen LogP contribution in [-0.2, 0) is 16.6 Å². The number of carboxylic acids is 1. The average molecular weight is 497 g/mol. The fourth-order valence-corrected chi connectivity index (χ4v) is 5.58. The molecular weight excluding hydrogens is 452 g/mol. The fourth-order valence-electron chi connectivity index (χ4n) is 5.58. The van der Waals surface area contributed by atoms with E-state index in [2.05, 4.69) is 51.1 Å². The largest absolute Gasteiger partial charge is 0.491 e. The molecule has 0 amide bonds. The molecule has 1 atom stereocenters. The van der Waals surface area contributed by atoms with Crippen LogP contribution in [0.1, 0.15) is 99.5 Å². The molecule has 0 heterocycles. The Morgan fingerprint density at radius 3 is 2.22 bits per heavy atom. The number of benzene rings is 2. The van der Waals surface area contributed by atoms with Crippen LogP contribution in [0.5, 0.6) is 5.75 Å². The number of hydrogen-bond acceptors (Lipinski definition) is 4. The molecule has 0 aromatic heterocycles. The van der Waals surface area contributed by atoms with E-state index >= 15 is 0 Å². The lowest BCUT2D eigenvalue weighted by Crippen LogP contribution is -2.37. The number of aryl methyl sites for hydroxylation is 3. The molecule has 0 unspecified atom stereocenters. The fraction of sp³-hybridized carbons (Fsp3) is 0.581. The standard InChI is InChI=1S/C31H44O5/c1-5-31(6-2,25-12-11-24(22(3)19-25)15-18-30(35)16-8-17-30)26-13-14-28(23(4)20-26)36-21-27(32)9-7-10-29(33)34/h11-14,19-20,27,32,35H,5-10,15-18,21H2,1-4H3,(H,33,34)/t27-/m1/s1. The van der Waals surface area contributed by atoms with Crippen LogP contribution in [0.2, 0.25) is 0 Å². The summed E-state index contributed by atoms with van der Waals surface area (Å²) in [6.07, 6.45) is 6.94. The number of aliphatic hydroxyl groups is 2. The van der Waals surface area contributed by atoms with Gasteiger partial charge in [0.15, 0.2) is 0 Å². The number of rotatable bonds is 14. The lowest BCUT2D eigenvalue weighted by atomic mass is 9.69. The van der Waals surface area contributed by atoms with Crippen molar-refractivity contribution in [3.8, 4) is 5.75 Å². The average Bonchev–Trinajstić information content (AvgIpc) is 2.82. The van der Waals surface area contributed by atoms with Crippen LogP contribution in [-0.4, -0.2) is 39.6 Å². The first-order valence-corrected chi connectivity index (χ1v) is 13.6. The monoisotopic (exact) mass is 496 g/mol. The molecule has 5 nitrogen and oxygen atoms in total. The Bertz CT molecular complexity index is 1020. The summed E-state index contributed by atoms with van der Waals surface area (Å²) in [5, 5.41) is 29.4. The Hall–Kier alpha value is -2.37. The lowest BCUT2D eigenvalue weighted by Gasteiger charge is -2.37. The first kappa shape index (κ1) is 28.2. The zero-order valence-corrected chi connectivity index (χ0v) is 22.5. The molecular formula is C31H44O5. The van der Waals surface area contributed by atoms with Crippen molar-refractivity contribution >= 4 is 5.97 Å². The first-order valence-electron chi connectivity index (χ1n) is 13.6. The highest BCUT2D eigenvalue weighted by Crippen LogP contribution is 2.41. The Kier molecular flexibility index (Phi) is 9.59. The minimum atomic E-state index is -0.845. The van der Waals surface area contributed by atoms with Crippen LogP contribution >= 0.6 is 0 Å². The van der Waals surface area contributed by atoms with E-state index in [0.29, 0.717) is 12.8 Å². The highest BCUT2D eigenvalue weighted by Gasteiger charge is 2.34. The van der Waals surface area contributed by atoms with Gasteiger partial charge in [-0.25, -0.2) is 0 Å². The van der Waals surface area contributed by atoms with E-state index in [1.165, 1.54) is 22.3 Å². The van der Waals surface area contributed by atoms with Gasteiger partial charge in [-0.1, -0.05) is 44.2 Å². The van der Waals surface area contributed by atoms with Crippen molar-refractivity contribution < 1.29 is 24.9 Å². The SMILES string of the molecule is CCC(CC)(c1ccc(CCC2(O)CCC2)c(C)c1)c1ccc(OC[C@H](O)CCCC(=O)O)c(C)c1. The van der Waals surface area contributed by atoms with Crippen molar-refractivity contribution in [1.29, 1.82) is 0 Å². The molecule has 2 aromatic rings. The molecule has 1 saturated carbocycles. The van der Waals surface area contributed by atoms with Crippen molar-refractivity contribution in [3.63, 3.8) is 0 Å². The zero-order chi connectivity index (χ0) is 26.3. The van der Waals surface area contributed by atoms with Gasteiger partial charge in [0, 0.05) is 11.8 Å². The second kappa shape index (κ2) is 12.2. The molecule has 198 valence electrons. The van der Waals surface area contributed by atoms with Crippen LogP contribution in [0.25, 0.3) is 0 Å². The molecule has 1 aliphatic rings. The maximum Gasteiger partial charge on any atom is 0.303 e. The molecule has 36 heavy (non-hydrogen) atoms. The van der Waals surface area contributed by atoms with Crippen molar-refractivity contribution in [2.75, 3.05) is 6.61 Å². The van der Waals surface area contributed by atoms with Crippen LogP contribution in [0.4, 0.5) is 0 Å². The first-order chi connectivity index (χ1) is 17.1. The van der Waals surface area contributed by atoms with Gasteiger partial charge in [0.25, 0.3) is 0 Å². The summed E-state index contributed by atoms with van der Waals surface area (Å²) in [6.45, 7) is 8.86. The summed E-state index contributed by atoms with van der Waals surface area (Å²) in [5.41, 5.74) is 5.66. The van der Waals surface area contributed by atoms with Gasteiger partial charge in [-0.15, -0.1) is 0 Å². The van der Waals surface area contributed by atoms with Crippen LogP contribution < -0.4 is 4.74 Å². The number of aliphatic carboxylic acids is 1. The van der Waals surface area contributed by atoms with E-state index in [-0.39, 0.29) is 18.4 Å². The van der Waals surface area contributed by atoms with Crippen molar-refractivity contribution in [2.45, 2.75) is 109 Å². The molecule has 3 N–H and O–H groups in total. The normalized spacial score (nSPS) is 15.8. The topological polar surface area (TPSA) is 87.0 Å². The predicted octanol–water partition coefficient (Wildman–Crippen LogP) is 6.25. The van der Waals surface area contributed by atoms with Crippen LogP contribution in [0.15, 0.2) is 36.4 Å². The van der Waals surface area contributed by atoms with Gasteiger partial charge in [0.2, 0.25) is 0 Å². The van der Waals surface area contributed by atoms with E-state index in [0.717, 1.165) is 56.3 Å². The van der Waals surface area contributed by atoms with Gasteiger partial charge in [-0.2, -0.15) is 0 Å². The predicted molar refractivity (Wildman–Crippen MR) is 144 cm³/mol. The second-order valence-electron chi connectivity index (χ2n) is 10.7. The number of carbonyl (C=O) groups is 1. The molecule has 0 spiro atoms. The number of hydrogen-bond donors (Lipinski definition) is 3. The molecule has 0 saturated heterocycles. The number of aliphatic hydroxyl groups excluding tert-OH is 1. The molecule has 3 rings (SSSR count). The lowest BCUT2D eigenvalue weighted by molar-refractivity contribution is -0.137. The molecule has 0 aliphatic heterocycles. The maximum absolute atomic E-state index is 10.7. The third kappa shape index (κ3) is 6.68. The van der Waals surface area contributed by atoms with E-state index < -0.39 is 17.7 Å². The van der Waals surface area contributed by atoms with Gasteiger partial charge in [-0.3, -0.25) is 4.79 Å². The summed E-state index contributed by atoms with van der Waals surface area (Å²) in [5.74, 6) is -0.0977. The Morgan fingerprint density at radius 2 is 1.69 bits per heavy atom. The molecule has 0 bridgehead atoms.